The molecule has 21 heavy (non-hydrogen) atoms. The molecule has 0 amide bonds. The van der Waals surface area contributed by atoms with Gasteiger partial charge in [0.1, 0.15) is 5.01 Å². The van der Waals surface area contributed by atoms with Crippen LogP contribution >= 0.6 is 35.3 Å². The summed E-state index contributed by atoms with van der Waals surface area (Å²) in [6.07, 6.45) is 0. The Morgan fingerprint density at radius 3 is 2.43 bits per heavy atom. The molecule has 2 N–H and O–H groups in total. The Morgan fingerprint density at radius 1 is 1.14 bits per heavy atom. The van der Waals surface area contributed by atoms with Crippen LogP contribution in [0.1, 0.15) is 19.5 Å². The number of nitrogens with one attached hydrogen (secondary N) is 2. The van der Waals surface area contributed by atoms with Gasteiger partial charge < -0.3 is 10.6 Å². The minimum Gasteiger partial charge on any atom is -0.357 e. The summed E-state index contributed by atoms with van der Waals surface area (Å²) in [5.41, 5.74) is 2.16. The zero-order valence-corrected chi connectivity index (χ0v) is 15.4. The van der Waals surface area contributed by atoms with Crippen LogP contribution in [0.3, 0.4) is 0 Å². The van der Waals surface area contributed by atoms with Gasteiger partial charge in [-0.25, -0.2) is 9.98 Å². The van der Waals surface area contributed by atoms with Gasteiger partial charge in [-0.15, -0.1) is 35.3 Å². The van der Waals surface area contributed by atoms with Gasteiger partial charge >= 0.3 is 0 Å². The Hall–Kier alpha value is -1.15. The Bertz CT molecular complexity index is 546. The summed E-state index contributed by atoms with van der Waals surface area (Å²) in [6.45, 7) is 6.43. The molecule has 0 aliphatic heterocycles. The number of halogens is 1. The van der Waals surface area contributed by atoms with Crippen LogP contribution in [-0.4, -0.2) is 24.0 Å². The van der Waals surface area contributed by atoms with E-state index >= 15 is 0 Å². The summed E-state index contributed by atoms with van der Waals surface area (Å²) in [7, 11) is 0. The molecule has 114 valence electrons. The van der Waals surface area contributed by atoms with E-state index in [1.807, 2.05) is 18.2 Å². The topological polar surface area (TPSA) is 49.3 Å². The molecule has 0 spiro atoms. The Labute approximate surface area is 147 Å². The van der Waals surface area contributed by atoms with E-state index in [2.05, 4.69) is 52.0 Å². The van der Waals surface area contributed by atoms with Crippen molar-refractivity contribution >= 4 is 41.3 Å². The van der Waals surface area contributed by atoms with Crippen molar-refractivity contribution in [2.75, 3.05) is 13.1 Å². The van der Waals surface area contributed by atoms with Crippen LogP contribution in [0, 0.1) is 0 Å². The molecule has 0 saturated heterocycles. The fraction of sp³-hybridized carbons (Fsp3) is 0.333. The van der Waals surface area contributed by atoms with Gasteiger partial charge in [0, 0.05) is 24.0 Å². The zero-order chi connectivity index (χ0) is 14.2. The third-order valence-corrected chi connectivity index (χ3v) is 3.60. The first kappa shape index (κ1) is 17.9. The molecule has 0 aliphatic rings. The fourth-order valence-electron chi connectivity index (χ4n) is 1.76. The lowest BCUT2D eigenvalue weighted by atomic mass is 10.2. The number of guanidine groups is 1. The second-order valence-corrected chi connectivity index (χ2v) is 5.09. The Kier molecular flexibility index (Phi) is 8.29. The molecule has 4 nitrogen and oxygen atoms in total. The lowest BCUT2D eigenvalue weighted by Gasteiger charge is -2.08. The number of hydrogen-bond acceptors (Lipinski definition) is 3. The third kappa shape index (κ3) is 5.62. The lowest BCUT2D eigenvalue weighted by molar-refractivity contribution is 0.835. The molecule has 0 aliphatic carbocycles. The number of hydrogen-bond donors (Lipinski definition) is 2. The van der Waals surface area contributed by atoms with Crippen molar-refractivity contribution in [3.8, 4) is 10.6 Å². The normalized spacial score (nSPS) is 9.62. The van der Waals surface area contributed by atoms with E-state index in [1.165, 1.54) is 0 Å². The van der Waals surface area contributed by atoms with E-state index in [0.717, 1.165) is 35.3 Å². The van der Waals surface area contributed by atoms with Gasteiger partial charge in [-0.05, 0) is 13.8 Å². The van der Waals surface area contributed by atoms with Crippen molar-refractivity contribution in [1.29, 1.82) is 0 Å². The Morgan fingerprint density at radius 2 is 1.81 bits per heavy atom. The quantitative estimate of drug-likeness (QED) is 0.446. The first-order chi connectivity index (χ1) is 9.83. The monoisotopic (exact) mass is 416 g/mol. The standard InChI is InChI=1S/C15H20N4S.HI/c1-3-16-15(17-4-2)18-10-13-11-20-14(19-13)12-8-6-5-7-9-12;/h5-9,11H,3-4,10H2,1-2H3,(H2,16,17,18);1H. The van der Waals surface area contributed by atoms with Gasteiger partial charge in [0.15, 0.2) is 5.96 Å². The molecule has 0 unspecified atom stereocenters. The number of aromatic nitrogens is 1. The van der Waals surface area contributed by atoms with Gasteiger partial charge in [-0.1, -0.05) is 30.3 Å². The van der Waals surface area contributed by atoms with Crippen molar-refractivity contribution < 1.29 is 0 Å². The molecule has 6 heteroatoms. The highest BCUT2D eigenvalue weighted by Gasteiger charge is 2.04. The van der Waals surface area contributed by atoms with Gasteiger partial charge in [0.2, 0.25) is 0 Å². The molecule has 1 heterocycles. The zero-order valence-electron chi connectivity index (χ0n) is 12.3. The molecule has 2 aromatic rings. The number of benzene rings is 1. The Balaban J connectivity index is 0.00000220. The molecule has 0 saturated carbocycles. The highest BCUT2D eigenvalue weighted by molar-refractivity contribution is 14.0. The van der Waals surface area contributed by atoms with Crippen LogP contribution < -0.4 is 10.6 Å². The maximum absolute atomic E-state index is 4.63. The molecular weight excluding hydrogens is 395 g/mol. The molecule has 0 atom stereocenters. The van der Waals surface area contributed by atoms with E-state index < -0.39 is 0 Å². The van der Waals surface area contributed by atoms with Gasteiger partial charge in [-0.3, -0.25) is 0 Å². The van der Waals surface area contributed by atoms with E-state index in [1.54, 1.807) is 11.3 Å². The van der Waals surface area contributed by atoms with Gasteiger partial charge in [-0.2, -0.15) is 0 Å². The molecule has 1 aromatic heterocycles. The summed E-state index contributed by atoms with van der Waals surface area (Å²) in [6, 6.07) is 10.2. The average molecular weight is 416 g/mol. The van der Waals surface area contributed by atoms with Crippen LogP contribution in [0.25, 0.3) is 10.6 Å². The van der Waals surface area contributed by atoms with Crippen molar-refractivity contribution in [2.45, 2.75) is 20.4 Å². The van der Waals surface area contributed by atoms with Gasteiger partial charge in [0.25, 0.3) is 0 Å². The first-order valence-corrected chi connectivity index (χ1v) is 7.73. The van der Waals surface area contributed by atoms with E-state index in [9.17, 15) is 0 Å². The molecule has 0 fully saturated rings. The van der Waals surface area contributed by atoms with Crippen LogP contribution in [0.15, 0.2) is 40.7 Å². The summed E-state index contributed by atoms with van der Waals surface area (Å²) in [5.74, 6) is 0.837. The van der Waals surface area contributed by atoms with Crippen molar-refractivity contribution in [1.82, 2.24) is 15.6 Å². The fourth-order valence-corrected chi connectivity index (χ4v) is 2.58. The highest BCUT2D eigenvalue weighted by atomic mass is 127. The maximum Gasteiger partial charge on any atom is 0.191 e. The van der Waals surface area contributed by atoms with E-state index in [4.69, 9.17) is 0 Å². The number of thiazole rings is 1. The average Bonchev–Trinajstić information content (AvgIpc) is 2.95. The third-order valence-electron chi connectivity index (χ3n) is 2.66. The number of aliphatic imine (C=N–C) groups is 1. The maximum atomic E-state index is 4.63. The van der Waals surface area contributed by atoms with Crippen molar-refractivity contribution in [2.24, 2.45) is 4.99 Å². The molecule has 1 aromatic carbocycles. The lowest BCUT2D eigenvalue weighted by Crippen LogP contribution is -2.36. The van der Waals surface area contributed by atoms with E-state index in [-0.39, 0.29) is 24.0 Å². The van der Waals surface area contributed by atoms with Gasteiger partial charge in [0.05, 0.1) is 12.2 Å². The molecule has 0 bridgehead atoms. The summed E-state index contributed by atoms with van der Waals surface area (Å²) < 4.78 is 0. The predicted octanol–water partition coefficient (Wildman–Crippen LogP) is 3.50. The van der Waals surface area contributed by atoms with Crippen LogP contribution in [0.5, 0.6) is 0 Å². The van der Waals surface area contributed by atoms with Crippen molar-refractivity contribution in [3.63, 3.8) is 0 Å². The van der Waals surface area contributed by atoms with Crippen LogP contribution in [0.4, 0.5) is 0 Å². The molecular formula is C15H21IN4S. The van der Waals surface area contributed by atoms with Crippen LogP contribution in [0.2, 0.25) is 0 Å². The van der Waals surface area contributed by atoms with Crippen molar-refractivity contribution in [3.05, 3.63) is 41.4 Å². The van der Waals surface area contributed by atoms with E-state index in [0.29, 0.717) is 6.54 Å². The highest BCUT2D eigenvalue weighted by Crippen LogP contribution is 2.23. The smallest absolute Gasteiger partial charge is 0.191 e. The molecule has 0 radical (unpaired) electrons. The summed E-state index contributed by atoms with van der Waals surface area (Å²) >= 11 is 1.66. The predicted molar refractivity (Wildman–Crippen MR) is 101 cm³/mol. The first-order valence-electron chi connectivity index (χ1n) is 6.85. The largest absolute Gasteiger partial charge is 0.357 e. The minimum atomic E-state index is 0. The number of nitrogens with zero attached hydrogens (tertiary/aromatic N) is 2. The van der Waals surface area contributed by atoms with Crippen LogP contribution in [-0.2, 0) is 6.54 Å². The molecule has 2 rings (SSSR count). The SMILES string of the molecule is CCNC(=NCc1csc(-c2ccccc2)n1)NCC.I. The second-order valence-electron chi connectivity index (χ2n) is 4.24. The second kappa shape index (κ2) is 9.73. The minimum absolute atomic E-state index is 0. The number of rotatable bonds is 5. The summed E-state index contributed by atoms with van der Waals surface area (Å²) in [4.78, 5) is 9.15. The summed E-state index contributed by atoms with van der Waals surface area (Å²) in [5, 5.41) is 9.53.